The Kier molecular flexibility index (Phi) is 8.66. The second-order valence-corrected chi connectivity index (χ2v) is 4.40. The van der Waals surface area contributed by atoms with Crippen molar-refractivity contribution in [2.45, 2.75) is 6.04 Å². The third kappa shape index (κ3) is 4.15. The van der Waals surface area contributed by atoms with Crippen molar-refractivity contribution in [3.8, 4) is 0 Å². The van der Waals surface area contributed by atoms with Crippen LogP contribution < -0.4 is 5.32 Å². The minimum atomic E-state index is 0. The van der Waals surface area contributed by atoms with Crippen LogP contribution in [0.2, 0.25) is 5.02 Å². The molecule has 5 heteroatoms. The Labute approximate surface area is 126 Å². The van der Waals surface area contributed by atoms with E-state index in [2.05, 4.69) is 22.9 Å². The van der Waals surface area contributed by atoms with Crippen LogP contribution in [0.15, 0.2) is 36.9 Å². The lowest BCUT2D eigenvalue weighted by Gasteiger charge is -2.33. The molecular formula is C13H19Cl3N2. The molecule has 1 saturated heterocycles. The van der Waals surface area contributed by atoms with Gasteiger partial charge in [-0.05, 0) is 11.6 Å². The molecule has 0 bridgehead atoms. The van der Waals surface area contributed by atoms with Gasteiger partial charge in [0.05, 0.1) is 6.04 Å². The molecule has 1 aliphatic rings. The fourth-order valence-electron chi connectivity index (χ4n) is 2.15. The van der Waals surface area contributed by atoms with Crippen molar-refractivity contribution in [1.82, 2.24) is 10.2 Å². The topological polar surface area (TPSA) is 15.3 Å². The van der Waals surface area contributed by atoms with Gasteiger partial charge in [0.25, 0.3) is 0 Å². The first-order valence-electron chi connectivity index (χ1n) is 5.64. The van der Waals surface area contributed by atoms with E-state index < -0.39 is 0 Å². The average Bonchev–Trinajstić information content (AvgIpc) is 2.34. The Morgan fingerprint density at radius 3 is 2.39 bits per heavy atom. The Balaban J connectivity index is 0.00000144. The zero-order valence-electron chi connectivity index (χ0n) is 10.1. The van der Waals surface area contributed by atoms with E-state index in [1.165, 1.54) is 0 Å². The summed E-state index contributed by atoms with van der Waals surface area (Å²) in [6.07, 6.45) is 1.98. The predicted molar refractivity (Wildman–Crippen MR) is 83.3 cm³/mol. The maximum atomic E-state index is 6.23. The minimum absolute atomic E-state index is 0. The molecule has 2 nitrogen and oxygen atoms in total. The summed E-state index contributed by atoms with van der Waals surface area (Å²) in [7, 11) is 0. The van der Waals surface area contributed by atoms with E-state index in [1.807, 2.05) is 24.3 Å². The highest BCUT2D eigenvalue weighted by atomic mass is 35.5. The molecule has 2 rings (SSSR count). The van der Waals surface area contributed by atoms with E-state index >= 15 is 0 Å². The van der Waals surface area contributed by atoms with Gasteiger partial charge in [-0.3, -0.25) is 4.90 Å². The molecule has 1 atom stereocenters. The van der Waals surface area contributed by atoms with Gasteiger partial charge in [0.2, 0.25) is 0 Å². The Morgan fingerprint density at radius 2 is 1.83 bits per heavy atom. The second-order valence-electron chi connectivity index (χ2n) is 3.99. The summed E-state index contributed by atoms with van der Waals surface area (Å²) < 4.78 is 0. The van der Waals surface area contributed by atoms with Crippen molar-refractivity contribution in [2.24, 2.45) is 0 Å². The Morgan fingerprint density at radius 1 is 1.22 bits per heavy atom. The van der Waals surface area contributed by atoms with Crippen LogP contribution in [0.25, 0.3) is 0 Å². The molecule has 1 aromatic rings. The minimum Gasteiger partial charge on any atom is -0.314 e. The number of piperazine rings is 1. The van der Waals surface area contributed by atoms with Gasteiger partial charge in [-0.2, -0.15) is 0 Å². The maximum absolute atomic E-state index is 6.23. The lowest BCUT2D eigenvalue weighted by atomic mass is 10.0. The number of hydrogen-bond acceptors (Lipinski definition) is 2. The van der Waals surface area contributed by atoms with Gasteiger partial charge >= 0.3 is 0 Å². The Hall–Kier alpha value is -0.250. The van der Waals surface area contributed by atoms with Gasteiger partial charge in [0.15, 0.2) is 0 Å². The summed E-state index contributed by atoms with van der Waals surface area (Å²) in [5.74, 6) is 0. The molecule has 0 saturated carbocycles. The molecule has 0 amide bonds. The van der Waals surface area contributed by atoms with E-state index in [1.54, 1.807) is 0 Å². The summed E-state index contributed by atoms with van der Waals surface area (Å²) >= 11 is 6.23. The molecule has 1 heterocycles. The molecule has 1 aliphatic heterocycles. The number of nitrogens with zero attached hydrogens (tertiary/aromatic N) is 1. The number of rotatable bonds is 3. The second kappa shape index (κ2) is 8.78. The van der Waals surface area contributed by atoms with Gasteiger partial charge in [0, 0.05) is 31.2 Å². The third-order valence-corrected chi connectivity index (χ3v) is 3.34. The van der Waals surface area contributed by atoms with E-state index in [0.717, 1.165) is 36.8 Å². The summed E-state index contributed by atoms with van der Waals surface area (Å²) in [5.41, 5.74) is 1.15. The van der Waals surface area contributed by atoms with E-state index in [9.17, 15) is 0 Å². The smallest absolute Gasteiger partial charge is 0.0544 e. The standard InChI is InChI=1S/C13H17ClN2.2ClH/c1-2-13(16-9-7-15-8-10-16)11-5-3-4-6-12(11)14;;/h2-6,13,15H,1,7-10H2;2*1H/t13-;;/m1../s1. The fourth-order valence-corrected chi connectivity index (χ4v) is 2.40. The number of benzene rings is 1. The van der Waals surface area contributed by atoms with Crippen molar-refractivity contribution >= 4 is 36.4 Å². The number of halogens is 3. The summed E-state index contributed by atoms with van der Waals surface area (Å²) in [6, 6.07) is 8.24. The third-order valence-electron chi connectivity index (χ3n) is 2.99. The number of nitrogens with one attached hydrogen (secondary N) is 1. The maximum Gasteiger partial charge on any atom is 0.0544 e. The molecular weight excluding hydrogens is 291 g/mol. The van der Waals surface area contributed by atoms with Gasteiger partial charge < -0.3 is 5.32 Å². The quantitative estimate of drug-likeness (QED) is 0.862. The fraction of sp³-hybridized carbons (Fsp3) is 0.385. The summed E-state index contributed by atoms with van der Waals surface area (Å²) in [4.78, 5) is 2.41. The molecule has 18 heavy (non-hydrogen) atoms. The lowest BCUT2D eigenvalue weighted by Crippen LogP contribution is -2.44. The molecule has 1 N–H and O–H groups in total. The Bertz CT molecular complexity index is 365. The molecule has 102 valence electrons. The van der Waals surface area contributed by atoms with Crippen LogP contribution in [0.1, 0.15) is 11.6 Å². The van der Waals surface area contributed by atoms with Gasteiger partial charge in [-0.1, -0.05) is 35.9 Å². The van der Waals surface area contributed by atoms with Crippen LogP contribution >= 0.6 is 36.4 Å². The van der Waals surface area contributed by atoms with Crippen molar-refractivity contribution in [1.29, 1.82) is 0 Å². The van der Waals surface area contributed by atoms with Crippen LogP contribution in [0.4, 0.5) is 0 Å². The molecule has 0 radical (unpaired) electrons. The van der Waals surface area contributed by atoms with Crippen LogP contribution in [0.5, 0.6) is 0 Å². The van der Waals surface area contributed by atoms with Gasteiger partial charge in [-0.15, -0.1) is 31.4 Å². The summed E-state index contributed by atoms with van der Waals surface area (Å²) in [6.45, 7) is 8.09. The van der Waals surface area contributed by atoms with Crippen molar-refractivity contribution in [2.75, 3.05) is 26.2 Å². The molecule has 0 aliphatic carbocycles. The number of hydrogen-bond donors (Lipinski definition) is 1. The van der Waals surface area contributed by atoms with Crippen molar-refractivity contribution in [3.63, 3.8) is 0 Å². The highest BCUT2D eigenvalue weighted by Gasteiger charge is 2.20. The highest BCUT2D eigenvalue weighted by molar-refractivity contribution is 6.31. The predicted octanol–water partition coefficient (Wildman–Crippen LogP) is 3.32. The molecule has 0 spiro atoms. The highest BCUT2D eigenvalue weighted by Crippen LogP contribution is 2.28. The normalized spacial score (nSPS) is 17.2. The molecule has 0 unspecified atom stereocenters. The lowest BCUT2D eigenvalue weighted by molar-refractivity contribution is 0.203. The largest absolute Gasteiger partial charge is 0.314 e. The van der Waals surface area contributed by atoms with Crippen molar-refractivity contribution < 1.29 is 0 Å². The van der Waals surface area contributed by atoms with E-state index in [0.29, 0.717) is 0 Å². The van der Waals surface area contributed by atoms with Crippen LogP contribution in [-0.4, -0.2) is 31.1 Å². The average molecular weight is 310 g/mol. The molecule has 1 fully saturated rings. The SMILES string of the molecule is C=C[C@H](c1ccccc1Cl)N1CCNCC1.Cl.Cl. The van der Waals surface area contributed by atoms with Crippen molar-refractivity contribution in [3.05, 3.63) is 47.5 Å². The molecule has 1 aromatic carbocycles. The zero-order chi connectivity index (χ0) is 11.4. The first-order chi connectivity index (χ1) is 7.83. The molecule has 0 aromatic heterocycles. The first kappa shape index (κ1) is 17.8. The zero-order valence-corrected chi connectivity index (χ0v) is 12.5. The van der Waals surface area contributed by atoms with Gasteiger partial charge in [0.1, 0.15) is 0 Å². The van der Waals surface area contributed by atoms with Crippen LogP contribution in [-0.2, 0) is 0 Å². The van der Waals surface area contributed by atoms with E-state index in [-0.39, 0.29) is 30.9 Å². The first-order valence-corrected chi connectivity index (χ1v) is 6.02. The van der Waals surface area contributed by atoms with Crippen LogP contribution in [0.3, 0.4) is 0 Å². The van der Waals surface area contributed by atoms with E-state index in [4.69, 9.17) is 11.6 Å². The van der Waals surface area contributed by atoms with Crippen LogP contribution in [0, 0.1) is 0 Å². The summed E-state index contributed by atoms with van der Waals surface area (Å²) in [5, 5.41) is 4.18. The van der Waals surface area contributed by atoms with Gasteiger partial charge in [-0.25, -0.2) is 0 Å². The monoisotopic (exact) mass is 308 g/mol.